The number of hydrogen-bond donors (Lipinski definition) is 4. The van der Waals surface area contributed by atoms with Crippen molar-refractivity contribution < 1.29 is 19.5 Å². The highest BCUT2D eigenvalue weighted by molar-refractivity contribution is 14.1. The number of carbonyl (C=O) groups excluding carboxylic acids is 2. The normalized spacial score (nSPS) is 11.5. The average Bonchev–Trinajstić information content (AvgIpc) is 2.31. The highest BCUT2D eigenvalue weighted by Gasteiger charge is 2.22. The number of benzene rings is 1. The van der Waals surface area contributed by atoms with Crippen molar-refractivity contribution in [2.45, 2.75) is 12.5 Å². The molecule has 0 bridgehead atoms. The number of carboxylic acid groups (broad SMARTS) is 1. The lowest BCUT2D eigenvalue weighted by Gasteiger charge is -2.14. The first kappa shape index (κ1) is 16.5. The molecule has 0 saturated heterocycles. The number of aliphatic carboxylic acids is 1. The van der Waals surface area contributed by atoms with Crippen molar-refractivity contribution in [1.82, 2.24) is 5.32 Å². The molecule has 1 atom stereocenters. The molecule has 0 radical (unpaired) electrons. The summed E-state index contributed by atoms with van der Waals surface area (Å²) in [4.78, 5) is 33.3. The lowest BCUT2D eigenvalue weighted by atomic mass is 10.2. The Balaban J connectivity index is 2.70. The number of halogens is 2. The summed E-state index contributed by atoms with van der Waals surface area (Å²) in [6.45, 7) is 0. The third kappa shape index (κ3) is 5.21. The van der Waals surface area contributed by atoms with Gasteiger partial charge in [-0.2, -0.15) is 0 Å². The minimum absolute atomic E-state index is 0.468. The third-order valence-electron chi connectivity index (χ3n) is 2.19. The van der Waals surface area contributed by atoms with Crippen LogP contribution in [0.25, 0.3) is 0 Å². The zero-order chi connectivity index (χ0) is 15.3. The Morgan fingerprint density at radius 1 is 1.40 bits per heavy atom. The van der Waals surface area contributed by atoms with Crippen LogP contribution in [0, 0.1) is 3.57 Å². The number of amides is 3. The van der Waals surface area contributed by atoms with Crippen LogP contribution in [0.4, 0.5) is 10.5 Å². The largest absolute Gasteiger partial charge is 0.480 e. The number of hydrogen-bond acceptors (Lipinski definition) is 3. The number of carbonyl (C=O) groups is 3. The van der Waals surface area contributed by atoms with Gasteiger partial charge in [0.1, 0.15) is 6.04 Å². The molecule has 7 nitrogen and oxygen atoms in total. The van der Waals surface area contributed by atoms with Crippen LogP contribution in [0.2, 0.25) is 5.02 Å². The number of anilines is 1. The van der Waals surface area contributed by atoms with E-state index in [1.165, 1.54) is 0 Å². The fourth-order valence-electron chi connectivity index (χ4n) is 1.31. The third-order valence-corrected chi connectivity index (χ3v) is 3.32. The summed E-state index contributed by atoms with van der Waals surface area (Å²) < 4.78 is 0.687. The molecule has 0 aromatic heterocycles. The fraction of sp³-hybridized carbons (Fsp3) is 0.182. The Morgan fingerprint density at radius 2 is 2.05 bits per heavy atom. The SMILES string of the molecule is NC(=O)CC(NC(=O)Nc1ccc(Cl)cc1I)C(=O)O. The minimum Gasteiger partial charge on any atom is -0.480 e. The van der Waals surface area contributed by atoms with Gasteiger partial charge < -0.3 is 21.5 Å². The second kappa shape index (κ2) is 7.29. The van der Waals surface area contributed by atoms with E-state index in [4.69, 9.17) is 22.4 Å². The molecule has 0 saturated carbocycles. The van der Waals surface area contributed by atoms with Gasteiger partial charge in [0.25, 0.3) is 0 Å². The number of primary amides is 1. The molecule has 0 heterocycles. The molecule has 1 aromatic rings. The molecule has 0 aliphatic heterocycles. The van der Waals surface area contributed by atoms with E-state index >= 15 is 0 Å². The van der Waals surface area contributed by atoms with Crippen molar-refractivity contribution in [2.75, 3.05) is 5.32 Å². The van der Waals surface area contributed by atoms with E-state index in [-0.39, 0.29) is 0 Å². The Bertz CT molecular complexity index is 552. The Morgan fingerprint density at radius 3 is 2.55 bits per heavy atom. The number of urea groups is 1. The molecule has 9 heteroatoms. The second-order valence-electron chi connectivity index (χ2n) is 3.78. The van der Waals surface area contributed by atoms with E-state index < -0.39 is 30.4 Å². The predicted molar refractivity (Wildman–Crippen MR) is 81.6 cm³/mol. The standard InChI is InChI=1S/C11H11ClIN3O4/c12-5-1-2-7(6(13)3-5)15-11(20)16-8(10(18)19)4-9(14)17/h1-3,8H,4H2,(H2,14,17)(H,18,19)(H2,15,16,20). The molecule has 0 aliphatic rings. The summed E-state index contributed by atoms with van der Waals surface area (Å²) >= 11 is 7.74. The van der Waals surface area contributed by atoms with E-state index in [0.29, 0.717) is 14.3 Å². The van der Waals surface area contributed by atoms with Crippen LogP contribution in [0.3, 0.4) is 0 Å². The van der Waals surface area contributed by atoms with Crippen molar-refractivity contribution in [3.8, 4) is 0 Å². The summed E-state index contributed by atoms with van der Waals surface area (Å²) in [6, 6.07) is 2.66. The van der Waals surface area contributed by atoms with Crippen LogP contribution >= 0.6 is 34.2 Å². The number of nitrogens with one attached hydrogen (secondary N) is 2. The van der Waals surface area contributed by atoms with E-state index in [0.717, 1.165) is 0 Å². The summed E-state index contributed by atoms with van der Waals surface area (Å²) in [5.74, 6) is -2.16. The Hall–Kier alpha value is -1.55. The molecule has 0 spiro atoms. The van der Waals surface area contributed by atoms with Gasteiger partial charge in [-0.05, 0) is 40.8 Å². The van der Waals surface area contributed by atoms with Gasteiger partial charge in [-0.15, -0.1) is 0 Å². The molecule has 0 fully saturated rings. The molecule has 1 aromatic carbocycles. The van der Waals surface area contributed by atoms with Crippen molar-refractivity contribution in [3.05, 3.63) is 26.8 Å². The maximum absolute atomic E-state index is 11.7. The van der Waals surface area contributed by atoms with E-state index in [1.54, 1.807) is 18.2 Å². The highest BCUT2D eigenvalue weighted by Crippen LogP contribution is 2.22. The topological polar surface area (TPSA) is 122 Å². The summed E-state index contributed by atoms with van der Waals surface area (Å²) in [6.07, 6.45) is -0.486. The Labute approximate surface area is 133 Å². The molecule has 1 rings (SSSR count). The summed E-state index contributed by atoms with van der Waals surface area (Å²) in [5.41, 5.74) is 5.38. The maximum Gasteiger partial charge on any atom is 0.326 e. The second-order valence-corrected chi connectivity index (χ2v) is 5.38. The first-order valence-electron chi connectivity index (χ1n) is 5.33. The lowest BCUT2D eigenvalue weighted by molar-refractivity contribution is -0.140. The lowest BCUT2D eigenvalue weighted by Crippen LogP contribution is -2.45. The van der Waals surface area contributed by atoms with Gasteiger partial charge in [0.2, 0.25) is 5.91 Å². The zero-order valence-electron chi connectivity index (χ0n) is 10.0. The number of nitrogens with two attached hydrogens (primary N) is 1. The molecule has 5 N–H and O–H groups in total. The van der Waals surface area contributed by atoms with Gasteiger partial charge in [-0.1, -0.05) is 11.6 Å². The smallest absolute Gasteiger partial charge is 0.326 e. The monoisotopic (exact) mass is 411 g/mol. The van der Waals surface area contributed by atoms with Crippen LogP contribution in [0.15, 0.2) is 18.2 Å². The molecule has 20 heavy (non-hydrogen) atoms. The average molecular weight is 412 g/mol. The summed E-state index contributed by atoms with van der Waals surface area (Å²) in [7, 11) is 0. The van der Waals surface area contributed by atoms with Crippen LogP contribution in [-0.2, 0) is 9.59 Å². The first-order valence-corrected chi connectivity index (χ1v) is 6.79. The highest BCUT2D eigenvalue weighted by atomic mass is 127. The summed E-state index contributed by atoms with van der Waals surface area (Å²) in [5, 5.41) is 14.0. The van der Waals surface area contributed by atoms with Crippen LogP contribution in [0.1, 0.15) is 6.42 Å². The van der Waals surface area contributed by atoms with Gasteiger partial charge in [0.05, 0.1) is 12.1 Å². The fourth-order valence-corrected chi connectivity index (χ4v) is 2.32. The molecular weight excluding hydrogens is 400 g/mol. The maximum atomic E-state index is 11.7. The van der Waals surface area contributed by atoms with Gasteiger partial charge in [-0.25, -0.2) is 9.59 Å². The molecule has 3 amide bonds. The van der Waals surface area contributed by atoms with Crippen LogP contribution in [-0.4, -0.2) is 29.1 Å². The quantitative estimate of drug-likeness (QED) is 0.547. The van der Waals surface area contributed by atoms with Crippen LogP contribution in [0.5, 0.6) is 0 Å². The van der Waals surface area contributed by atoms with E-state index in [2.05, 4.69) is 10.6 Å². The molecule has 1 unspecified atom stereocenters. The van der Waals surface area contributed by atoms with Crippen LogP contribution < -0.4 is 16.4 Å². The van der Waals surface area contributed by atoms with Crippen molar-refractivity contribution in [3.63, 3.8) is 0 Å². The Kier molecular flexibility index (Phi) is 6.02. The van der Waals surface area contributed by atoms with Gasteiger partial charge >= 0.3 is 12.0 Å². The van der Waals surface area contributed by atoms with Gasteiger partial charge in [-0.3, -0.25) is 4.79 Å². The predicted octanol–water partition coefficient (Wildman–Crippen LogP) is 1.39. The minimum atomic E-state index is -1.38. The van der Waals surface area contributed by atoms with Gasteiger partial charge in [0.15, 0.2) is 0 Å². The van der Waals surface area contributed by atoms with Gasteiger partial charge in [0, 0.05) is 8.59 Å². The van der Waals surface area contributed by atoms with E-state index in [9.17, 15) is 14.4 Å². The van der Waals surface area contributed by atoms with Crippen molar-refractivity contribution >= 4 is 57.8 Å². The first-order chi connectivity index (χ1) is 9.29. The zero-order valence-corrected chi connectivity index (χ0v) is 12.9. The number of carboxylic acids is 1. The van der Waals surface area contributed by atoms with Crippen molar-refractivity contribution in [1.29, 1.82) is 0 Å². The molecule has 0 aliphatic carbocycles. The molecule has 108 valence electrons. The van der Waals surface area contributed by atoms with E-state index in [1.807, 2.05) is 22.6 Å². The van der Waals surface area contributed by atoms with Crippen molar-refractivity contribution in [2.24, 2.45) is 5.73 Å². The number of rotatable bonds is 5. The molecular formula is C11H11ClIN3O4.